The Kier molecular flexibility index (Phi) is 54.3. The van der Waals surface area contributed by atoms with Gasteiger partial charge in [-0.2, -0.15) is 0 Å². The quantitative estimate of drug-likeness (QED) is 0.0222. The minimum absolute atomic E-state index is 0.102. The third kappa shape index (κ3) is 57.2. The van der Waals surface area contributed by atoms with E-state index < -0.39 is 97.5 Å². The zero-order valence-electron chi connectivity index (χ0n) is 52.8. The van der Waals surface area contributed by atoms with Crippen molar-refractivity contribution in [1.29, 1.82) is 0 Å². The summed E-state index contributed by atoms with van der Waals surface area (Å²) in [5, 5.41) is 10.5. The number of carbonyl (C=O) groups is 4. The second-order valence-electron chi connectivity index (χ2n) is 23.7. The molecule has 82 heavy (non-hydrogen) atoms. The highest BCUT2D eigenvalue weighted by Crippen LogP contribution is 2.45. The molecule has 0 radical (unpaired) electrons. The summed E-state index contributed by atoms with van der Waals surface area (Å²) < 4.78 is 67.9. The molecule has 0 amide bonds. The molecule has 0 aromatic carbocycles. The van der Waals surface area contributed by atoms with Gasteiger partial charge in [-0.05, 0) is 37.5 Å². The van der Waals surface area contributed by atoms with Gasteiger partial charge in [0.2, 0.25) is 0 Å². The fraction of sp³-hybridized carbons (Fsp3) is 0.937. The van der Waals surface area contributed by atoms with Crippen molar-refractivity contribution in [2.24, 2.45) is 11.8 Å². The molecule has 0 spiro atoms. The first-order valence-electron chi connectivity index (χ1n) is 33.0. The molecule has 3 N–H and O–H groups in total. The summed E-state index contributed by atoms with van der Waals surface area (Å²) in [6.45, 7) is 9.35. The molecule has 0 aliphatic rings. The van der Waals surface area contributed by atoms with Crippen LogP contribution in [0.25, 0.3) is 0 Å². The summed E-state index contributed by atoms with van der Waals surface area (Å²) in [6, 6.07) is 0. The largest absolute Gasteiger partial charge is 0.472 e. The third-order valence-electron chi connectivity index (χ3n) is 14.5. The lowest BCUT2D eigenvalue weighted by molar-refractivity contribution is -0.161. The molecule has 0 saturated carbocycles. The number of phosphoric ester groups is 2. The summed E-state index contributed by atoms with van der Waals surface area (Å²) in [5.41, 5.74) is 0. The smallest absolute Gasteiger partial charge is 0.462 e. The van der Waals surface area contributed by atoms with E-state index in [2.05, 4.69) is 41.5 Å². The molecular weight excluding hydrogens is 1090 g/mol. The van der Waals surface area contributed by atoms with E-state index in [-0.39, 0.29) is 25.7 Å². The Hall–Kier alpha value is -1.94. The topological polar surface area (TPSA) is 237 Å². The Balaban J connectivity index is 5.23. The fourth-order valence-electron chi connectivity index (χ4n) is 9.35. The summed E-state index contributed by atoms with van der Waals surface area (Å²) >= 11 is 0. The fourth-order valence-corrected chi connectivity index (χ4v) is 10.9. The lowest BCUT2D eigenvalue weighted by Gasteiger charge is -2.21. The molecular formula is C63H122O17P2. The summed E-state index contributed by atoms with van der Waals surface area (Å²) in [4.78, 5) is 72.1. The summed E-state index contributed by atoms with van der Waals surface area (Å²) in [5.74, 6) is -0.727. The normalized spacial score (nSPS) is 14.3. The molecule has 0 bridgehead atoms. The van der Waals surface area contributed by atoms with E-state index in [0.717, 1.165) is 102 Å². The Morgan fingerprint density at radius 1 is 0.329 bits per heavy atom. The molecule has 0 rings (SSSR count). The standard InChI is InChI=1S/C63H122O17P2/c1-7-9-11-13-15-17-18-19-20-23-28-35-41-47-62(67)79-58(51-74-61(66)46-40-34-27-24-21-22-25-31-37-43-55(3)4)53-77-81(69,70)75-49-57(64)50-76-82(71,72)78-54-59(52-73-60(65)45-39-33-26-16-14-12-10-8-2)80-63(68)48-42-36-30-29-32-38-44-56(5)6/h55-59,64H,7-54H2,1-6H3,(H,69,70)(H,71,72)/t57-,58-,59-/m1/s1. The van der Waals surface area contributed by atoms with Gasteiger partial charge in [0.1, 0.15) is 19.3 Å². The van der Waals surface area contributed by atoms with Gasteiger partial charge in [0, 0.05) is 25.7 Å². The molecule has 0 saturated heterocycles. The van der Waals surface area contributed by atoms with Crippen molar-refractivity contribution in [2.75, 3.05) is 39.6 Å². The molecule has 0 aliphatic heterocycles. The zero-order chi connectivity index (χ0) is 60.8. The molecule has 0 aromatic heterocycles. The Morgan fingerprint density at radius 3 is 0.829 bits per heavy atom. The summed E-state index contributed by atoms with van der Waals surface area (Å²) in [7, 11) is -9.88. The van der Waals surface area contributed by atoms with E-state index in [4.69, 9.17) is 37.0 Å². The van der Waals surface area contributed by atoms with Crippen LogP contribution in [-0.4, -0.2) is 96.7 Å². The molecule has 2 unspecified atom stereocenters. The van der Waals surface area contributed by atoms with E-state index in [1.54, 1.807) is 0 Å². The van der Waals surface area contributed by atoms with Crippen molar-refractivity contribution in [2.45, 2.75) is 330 Å². The first-order valence-corrected chi connectivity index (χ1v) is 36.0. The van der Waals surface area contributed by atoms with Crippen LogP contribution < -0.4 is 0 Å². The van der Waals surface area contributed by atoms with Crippen LogP contribution in [0.1, 0.15) is 311 Å². The number of carbonyl (C=O) groups excluding carboxylic acids is 4. The van der Waals surface area contributed by atoms with Crippen molar-refractivity contribution >= 4 is 39.5 Å². The number of phosphoric acid groups is 2. The van der Waals surface area contributed by atoms with Gasteiger partial charge >= 0.3 is 39.5 Å². The number of rotatable bonds is 62. The maximum Gasteiger partial charge on any atom is 0.472 e. The van der Waals surface area contributed by atoms with Crippen LogP contribution in [0.3, 0.4) is 0 Å². The van der Waals surface area contributed by atoms with Crippen molar-refractivity contribution in [3.63, 3.8) is 0 Å². The van der Waals surface area contributed by atoms with Crippen molar-refractivity contribution < 1.29 is 80.2 Å². The maximum atomic E-state index is 13.0. The number of ether oxygens (including phenoxy) is 4. The van der Waals surface area contributed by atoms with E-state index in [9.17, 15) is 43.2 Å². The van der Waals surface area contributed by atoms with Gasteiger partial charge in [-0.25, -0.2) is 9.13 Å². The first kappa shape index (κ1) is 80.1. The van der Waals surface area contributed by atoms with Gasteiger partial charge < -0.3 is 33.8 Å². The number of hydrogen-bond donors (Lipinski definition) is 3. The van der Waals surface area contributed by atoms with Crippen LogP contribution in [0.2, 0.25) is 0 Å². The van der Waals surface area contributed by atoms with E-state index >= 15 is 0 Å². The van der Waals surface area contributed by atoms with Crippen LogP contribution in [0.15, 0.2) is 0 Å². The van der Waals surface area contributed by atoms with Crippen LogP contribution >= 0.6 is 15.6 Å². The number of aliphatic hydroxyl groups excluding tert-OH is 1. The van der Waals surface area contributed by atoms with E-state index in [1.165, 1.54) is 122 Å². The van der Waals surface area contributed by atoms with Crippen molar-refractivity contribution in [1.82, 2.24) is 0 Å². The summed E-state index contributed by atoms with van der Waals surface area (Å²) in [6.07, 6.45) is 37.7. The Labute approximate surface area is 498 Å². The van der Waals surface area contributed by atoms with E-state index in [1.807, 2.05) is 0 Å². The monoisotopic (exact) mass is 1210 g/mol. The number of esters is 4. The Bertz CT molecular complexity index is 1620. The lowest BCUT2D eigenvalue weighted by Crippen LogP contribution is -2.30. The molecule has 486 valence electrons. The highest BCUT2D eigenvalue weighted by molar-refractivity contribution is 7.47. The number of hydrogen-bond acceptors (Lipinski definition) is 15. The predicted molar refractivity (Wildman–Crippen MR) is 326 cm³/mol. The van der Waals surface area contributed by atoms with Gasteiger partial charge in [-0.1, -0.05) is 260 Å². The highest BCUT2D eigenvalue weighted by atomic mass is 31.2. The molecule has 0 fully saturated rings. The van der Waals surface area contributed by atoms with Crippen LogP contribution in [0.5, 0.6) is 0 Å². The SMILES string of the molecule is CCCCCCCCCCCCCCCC(=O)O[C@H](COC(=O)CCCCCCCCCCCC(C)C)COP(=O)(O)OC[C@@H](O)COP(=O)(O)OC[C@@H](COC(=O)CCCCCCCCCC)OC(=O)CCCCCCCCC(C)C. The minimum Gasteiger partial charge on any atom is -0.462 e. The average molecular weight is 1210 g/mol. The molecule has 5 atom stereocenters. The van der Waals surface area contributed by atoms with Crippen LogP contribution in [0.4, 0.5) is 0 Å². The van der Waals surface area contributed by atoms with Gasteiger partial charge in [0.05, 0.1) is 26.4 Å². The molecule has 0 aliphatic carbocycles. The second kappa shape index (κ2) is 55.6. The molecule has 0 aromatic rings. The third-order valence-corrected chi connectivity index (χ3v) is 16.4. The van der Waals surface area contributed by atoms with Crippen LogP contribution in [-0.2, 0) is 65.4 Å². The molecule has 17 nitrogen and oxygen atoms in total. The predicted octanol–water partition coefficient (Wildman–Crippen LogP) is 17.3. The first-order chi connectivity index (χ1) is 39.4. The Morgan fingerprint density at radius 2 is 0.561 bits per heavy atom. The highest BCUT2D eigenvalue weighted by Gasteiger charge is 2.30. The van der Waals surface area contributed by atoms with E-state index in [0.29, 0.717) is 31.6 Å². The van der Waals surface area contributed by atoms with Gasteiger partial charge in [-0.15, -0.1) is 0 Å². The number of unbranched alkanes of at least 4 members (excludes halogenated alkanes) is 32. The second-order valence-corrected chi connectivity index (χ2v) is 26.7. The zero-order valence-corrected chi connectivity index (χ0v) is 54.6. The average Bonchev–Trinajstić information content (AvgIpc) is 3.45. The minimum atomic E-state index is -4.94. The van der Waals surface area contributed by atoms with Crippen molar-refractivity contribution in [3.05, 3.63) is 0 Å². The van der Waals surface area contributed by atoms with Gasteiger partial charge in [0.25, 0.3) is 0 Å². The van der Waals surface area contributed by atoms with Crippen molar-refractivity contribution in [3.8, 4) is 0 Å². The molecule has 19 heteroatoms. The number of aliphatic hydroxyl groups is 1. The van der Waals surface area contributed by atoms with Gasteiger partial charge in [-0.3, -0.25) is 37.3 Å². The molecule has 0 heterocycles. The maximum absolute atomic E-state index is 13.0. The van der Waals surface area contributed by atoms with Crippen LogP contribution in [0, 0.1) is 11.8 Å². The van der Waals surface area contributed by atoms with Gasteiger partial charge in [0.15, 0.2) is 12.2 Å². The lowest BCUT2D eigenvalue weighted by atomic mass is 10.0.